The predicted octanol–water partition coefficient (Wildman–Crippen LogP) is 2.26. The first-order chi connectivity index (χ1) is 6.09. The summed E-state index contributed by atoms with van der Waals surface area (Å²) >= 11 is 0. The van der Waals surface area contributed by atoms with Crippen molar-refractivity contribution in [2.24, 2.45) is 0 Å². The van der Waals surface area contributed by atoms with Gasteiger partial charge >= 0.3 is 0 Å². The topological polar surface area (TPSA) is 46.0 Å². The van der Waals surface area contributed by atoms with Crippen molar-refractivity contribution in [2.75, 3.05) is 0 Å². The summed E-state index contributed by atoms with van der Waals surface area (Å²) in [5, 5.41) is 7.37. The smallest absolute Gasteiger partial charge is 0.213 e. The van der Waals surface area contributed by atoms with Gasteiger partial charge in [-0.25, -0.2) is 4.98 Å². The van der Waals surface area contributed by atoms with E-state index in [4.69, 9.17) is 10.1 Å². The average molecular weight is 178 g/mol. The molecule has 0 saturated heterocycles. The number of hydrogen-bond donors (Lipinski definition) is 1. The number of aromatic nitrogens is 1. The van der Waals surface area contributed by atoms with Crippen molar-refractivity contribution < 1.29 is 4.74 Å². The maximum absolute atomic E-state index is 7.37. The molecular formula is C10H14N2O. The van der Waals surface area contributed by atoms with Gasteiger partial charge in [-0.1, -0.05) is 0 Å². The Morgan fingerprint density at radius 2 is 2.15 bits per heavy atom. The number of rotatable bonds is 3. The summed E-state index contributed by atoms with van der Waals surface area (Å²) in [5.41, 5.74) is 1.35. The number of nitrogens with zero attached hydrogens (tertiary/aromatic N) is 1. The Morgan fingerprint density at radius 3 is 2.54 bits per heavy atom. The van der Waals surface area contributed by atoms with Gasteiger partial charge in [0.25, 0.3) is 0 Å². The SMILES string of the molecule is CC(=N)c1ccc(OC(C)C)nc1. The molecule has 0 unspecified atom stereocenters. The Hall–Kier alpha value is -1.38. The third-order valence-corrected chi connectivity index (χ3v) is 1.53. The van der Waals surface area contributed by atoms with E-state index in [1.807, 2.05) is 19.9 Å². The fourth-order valence-corrected chi connectivity index (χ4v) is 0.913. The lowest BCUT2D eigenvalue weighted by molar-refractivity contribution is 0.232. The Bertz CT molecular complexity index is 290. The fourth-order valence-electron chi connectivity index (χ4n) is 0.913. The summed E-state index contributed by atoms with van der Waals surface area (Å²) in [5.74, 6) is 0.611. The van der Waals surface area contributed by atoms with E-state index in [1.54, 1.807) is 19.2 Å². The molecule has 0 aliphatic carbocycles. The van der Waals surface area contributed by atoms with Crippen LogP contribution in [-0.4, -0.2) is 16.8 Å². The number of ether oxygens (including phenoxy) is 1. The molecule has 0 bridgehead atoms. The van der Waals surface area contributed by atoms with Gasteiger partial charge in [-0.3, -0.25) is 0 Å². The Morgan fingerprint density at radius 1 is 1.46 bits per heavy atom. The molecule has 0 aliphatic heterocycles. The van der Waals surface area contributed by atoms with Crippen LogP contribution in [0.25, 0.3) is 0 Å². The number of hydrogen-bond acceptors (Lipinski definition) is 3. The van der Waals surface area contributed by atoms with Gasteiger partial charge in [0.05, 0.1) is 6.10 Å². The van der Waals surface area contributed by atoms with Gasteiger partial charge in [-0.05, 0) is 26.8 Å². The first kappa shape index (κ1) is 9.71. The predicted molar refractivity (Wildman–Crippen MR) is 52.5 cm³/mol. The fraction of sp³-hybridized carbons (Fsp3) is 0.400. The van der Waals surface area contributed by atoms with Crippen molar-refractivity contribution in [1.29, 1.82) is 5.41 Å². The second-order valence-electron chi connectivity index (χ2n) is 3.18. The van der Waals surface area contributed by atoms with Gasteiger partial charge in [0.2, 0.25) is 5.88 Å². The van der Waals surface area contributed by atoms with E-state index >= 15 is 0 Å². The molecule has 1 rings (SSSR count). The molecule has 1 heterocycles. The highest BCUT2D eigenvalue weighted by molar-refractivity contribution is 5.95. The summed E-state index contributed by atoms with van der Waals surface area (Å²) in [4.78, 5) is 4.08. The van der Waals surface area contributed by atoms with Crippen LogP contribution in [0.1, 0.15) is 26.3 Å². The highest BCUT2D eigenvalue weighted by Gasteiger charge is 1.99. The Balaban J connectivity index is 2.75. The summed E-state index contributed by atoms with van der Waals surface area (Å²) in [7, 11) is 0. The minimum atomic E-state index is 0.138. The van der Waals surface area contributed by atoms with Gasteiger partial charge in [0.15, 0.2) is 0 Å². The number of nitrogens with one attached hydrogen (secondary N) is 1. The molecule has 1 aromatic rings. The molecule has 0 atom stereocenters. The van der Waals surface area contributed by atoms with E-state index in [9.17, 15) is 0 Å². The highest BCUT2D eigenvalue weighted by Crippen LogP contribution is 2.09. The normalized spacial score (nSPS) is 10.2. The number of pyridine rings is 1. The van der Waals surface area contributed by atoms with E-state index in [-0.39, 0.29) is 6.10 Å². The minimum Gasteiger partial charge on any atom is -0.475 e. The lowest BCUT2D eigenvalue weighted by Gasteiger charge is -2.08. The van der Waals surface area contributed by atoms with Crippen molar-refractivity contribution in [3.8, 4) is 5.88 Å². The van der Waals surface area contributed by atoms with Crippen molar-refractivity contribution in [3.63, 3.8) is 0 Å². The average Bonchev–Trinajstić information content (AvgIpc) is 2.04. The van der Waals surface area contributed by atoms with E-state index < -0.39 is 0 Å². The molecule has 3 nitrogen and oxygen atoms in total. The molecule has 0 amide bonds. The van der Waals surface area contributed by atoms with Crippen LogP contribution in [0.4, 0.5) is 0 Å². The monoisotopic (exact) mass is 178 g/mol. The van der Waals surface area contributed by atoms with Crippen LogP contribution in [0.3, 0.4) is 0 Å². The van der Waals surface area contributed by atoms with Crippen molar-refractivity contribution in [1.82, 2.24) is 4.98 Å². The molecule has 0 fully saturated rings. The molecule has 3 heteroatoms. The first-order valence-corrected chi connectivity index (χ1v) is 4.28. The van der Waals surface area contributed by atoms with E-state index in [1.165, 1.54) is 0 Å². The highest BCUT2D eigenvalue weighted by atomic mass is 16.5. The van der Waals surface area contributed by atoms with Gasteiger partial charge in [0.1, 0.15) is 0 Å². The van der Waals surface area contributed by atoms with E-state index in [0.717, 1.165) is 5.56 Å². The molecule has 0 aromatic carbocycles. The molecule has 1 aromatic heterocycles. The molecule has 0 spiro atoms. The van der Waals surface area contributed by atoms with Crippen molar-refractivity contribution in [2.45, 2.75) is 26.9 Å². The standard InChI is InChI=1S/C10H14N2O/c1-7(2)13-10-5-4-9(6-12-10)8(3)11/h4-7,11H,1-3H3. The molecule has 1 N–H and O–H groups in total. The molecule has 70 valence electrons. The summed E-state index contributed by atoms with van der Waals surface area (Å²) in [6.07, 6.45) is 1.79. The summed E-state index contributed by atoms with van der Waals surface area (Å²) < 4.78 is 5.37. The van der Waals surface area contributed by atoms with Crippen LogP contribution in [0.15, 0.2) is 18.3 Å². The van der Waals surface area contributed by atoms with Crippen LogP contribution in [-0.2, 0) is 0 Å². The van der Waals surface area contributed by atoms with Crippen LogP contribution in [0.2, 0.25) is 0 Å². The van der Waals surface area contributed by atoms with Crippen LogP contribution in [0, 0.1) is 5.41 Å². The first-order valence-electron chi connectivity index (χ1n) is 4.28. The maximum Gasteiger partial charge on any atom is 0.213 e. The quantitative estimate of drug-likeness (QED) is 0.721. The second-order valence-corrected chi connectivity index (χ2v) is 3.18. The lowest BCUT2D eigenvalue weighted by atomic mass is 10.2. The van der Waals surface area contributed by atoms with Gasteiger partial charge in [-0.2, -0.15) is 0 Å². The van der Waals surface area contributed by atoms with Crippen molar-refractivity contribution in [3.05, 3.63) is 23.9 Å². The minimum absolute atomic E-state index is 0.138. The van der Waals surface area contributed by atoms with Gasteiger partial charge < -0.3 is 10.1 Å². The molecule has 0 radical (unpaired) electrons. The van der Waals surface area contributed by atoms with Gasteiger partial charge in [0, 0.05) is 23.5 Å². The zero-order valence-electron chi connectivity index (χ0n) is 8.16. The van der Waals surface area contributed by atoms with Crippen LogP contribution >= 0.6 is 0 Å². The van der Waals surface area contributed by atoms with Crippen LogP contribution in [0.5, 0.6) is 5.88 Å². The zero-order chi connectivity index (χ0) is 9.84. The molecule has 13 heavy (non-hydrogen) atoms. The third-order valence-electron chi connectivity index (χ3n) is 1.53. The lowest BCUT2D eigenvalue weighted by Crippen LogP contribution is -2.07. The largest absolute Gasteiger partial charge is 0.475 e. The molecule has 0 saturated carbocycles. The maximum atomic E-state index is 7.37. The summed E-state index contributed by atoms with van der Waals surface area (Å²) in [6.45, 7) is 5.65. The van der Waals surface area contributed by atoms with Gasteiger partial charge in [-0.15, -0.1) is 0 Å². The Labute approximate surface area is 78.3 Å². The van der Waals surface area contributed by atoms with Crippen molar-refractivity contribution >= 4 is 5.71 Å². The second kappa shape index (κ2) is 4.03. The molecular weight excluding hydrogens is 164 g/mol. The van der Waals surface area contributed by atoms with Crippen LogP contribution < -0.4 is 4.74 Å². The third kappa shape index (κ3) is 2.86. The zero-order valence-corrected chi connectivity index (χ0v) is 8.16. The van der Waals surface area contributed by atoms with E-state index in [2.05, 4.69) is 4.98 Å². The van der Waals surface area contributed by atoms with E-state index in [0.29, 0.717) is 11.6 Å². The Kier molecular flexibility index (Phi) is 3.01. The summed E-state index contributed by atoms with van der Waals surface area (Å²) in [6, 6.07) is 3.63. The molecule has 0 aliphatic rings.